The summed E-state index contributed by atoms with van der Waals surface area (Å²) in [6.07, 6.45) is 3.21. The van der Waals surface area contributed by atoms with Gasteiger partial charge in [-0.1, -0.05) is 0 Å². The first-order valence-electron chi connectivity index (χ1n) is 13.1. The summed E-state index contributed by atoms with van der Waals surface area (Å²) in [4.78, 5) is 0. The third-order valence-corrected chi connectivity index (χ3v) is 12.0. The van der Waals surface area contributed by atoms with Crippen molar-refractivity contribution in [3.8, 4) is 22.8 Å². The number of hydrogen-bond donors (Lipinski definition) is 0. The molecule has 5 aromatic rings. The number of rotatable bonds is 2. The first-order chi connectivity index (χ1) is 17.0. The number of nitrogens with zero attached hydrogens (tertiary/aromatic N) is 1. The molecule has 2 nitrogen and oxygen atoms in total. The van der Waals surface area contributed by atoms with Crippen LogP contribution in [0.25, 0.3) is 43.6 Å². The fourth-order valence-electron chi connectivity index (χ4n) is 6.18. The van der Waals surface area contributed by atoms with E-state index in [-0.39, 0.29) is 5.41 Å². The summed E-state index contributed by atoms with van der Waals surface area (Å²) in [6.45, 7) is 9.22. The minimum atomic E-state index is -2.12. The van der Waals surface area contributed by atoms with Gasteiger partial charge in [-0.3, -0.25) is 0 Å². The van der Waals surface area contributed by atoms with E-state index in [0.717, 1.165) is 17.9 Å². The second-order valence-corrected chi connectivity index (χ2v) is 23.4. The normalized spacial score (nSPS) is 13.3. The number of aryl methyl sites for hydroxylation is 2. The second kappa shape index (κ2) is 7.82. The van der Waals surface area contributed by atoms with Crippen molar-refractivity contribution in [1.82, 2.24) is 0 Å². The van der Waals surface area contributed by atoms with Crippen LogP contribution in [0.15, 0.2) is 60.8 Å². The Kier molecular flexibility index (Phi) is 5.12. The zero-order valence-corrected chi connectivity index (χ0v) is 24.9. The summed E-state index contributed by atoms with van der Waals surface area (Å²) >= 11 is -2.12. The monoisotopic (exact) mass is 536 g/mol. The van der Waals surface area contributed by atoms with E-state index in [1.165, 1.54) is 54.7 Å². The Balaban J connectivity index is 1.82. The number of fused-ring (bicyclic) bond motifs is 5. The van der Waals surface area contributed by atoms with Gasteiger partial charge >= 0.3 is 218 Å². The average Bonchev–Trinajstić information content (AvgIpc) is 2.81. The van der Waals surface area contributed by atoms with Crippen molar-refractivity contribution in [3.63, 3.8) is 0 Å². The van der Waals surface area contributed by atoms with Crippen molar-refractivity contribution in [3.05, 3.63) is 71.9 Å². The molecule has 36 heavy (non-hydrogen) atoms. The predicted octanol–water partition coefficient (Wildman–Crippen LogP) is 8.19. The zero-order valence-electron chi connectivity index (χ0n) is 22.8. The van der Waals surface area contributed by atoms with Crippen molar-refractivity contribution >= 4 is 50.0 Å². The van der Waals surface area contributed by atoms with Crippen molar-refractivity contribution in [2.45, 2.75) is 51.4 Å². The fraction of sp³-hybridized carbons (Fsp3) is 0.303. The topological polar surface area (TPSA) is 13.1 Å². The quantitative estimate of drug-likeness (QED) is 0.124. The van der Waals surface area contributed by atoms with Crippen LogP contribution in [0.5, 0.6) is 11.5 Å². The van der Waals surface area contributed by atoms with Gasteiger partial charge in [0.2, 0.25) is 0 Å². The number of ether oxygens (including phenoxy) is 1. The van der Waals surface area contributed by atoms with Gasteiger partial charge in [0.25, 0.3) is 0 Å². The first kappa shape index (κ1) is 23.5. The van der Waals surface area contributed by atoms with Crippen molar-refractivity contribution < 1.29 is 9.30 Å². The Hall–Kier alpha value is -2.85. The molecule has 2 heterocycles. The molecule has 0 fully saturated rings. The average molecular weight is 535 g/mol. The molecule has 0 spiro atoms. The van der Waals surface area contributed by atoms with E-state index in [9.17, 15) is 0 Å². The molecule has 0 saturated carbocycles. The van der Waals surface area contributed by atoms with Gasteiger partial charge in [0, 0.05) is 0 Å². The second-order valence-electron chi connectivity index (χ2n) is 12.8. The fourth-order valence-corrected chi connectivity index (χ4v) is 9.59. The molecule has 1 aliphatic heterocycles. The van der Waals surface area contributed by atoms with Crippen LogP contribution in [0.1, 0.15) is 31.9 Å². The molecule has 182 valence electrons. The van der Waals surface area contributed by atoms with Crippen LogP contribution < -0.4 is 13.7 Å². The number of aromatic nitrogens is 1. The van der Waals surface area contributed by atoms with E-state index in [4.69, 9.17) is 4.74 Å². The van der Waals surface area contributed by atoms with Crippen LogP contribution in [0.4, 0.5) is 0 Å². The summed E-state index contributed by atoms with van der Waals surface area (Å²) in [5.74, 6) is 9.50. The van der Waals surface area contributed by atoms with E-state index in [1.54, 1.807) is 4.40 Å². The molecular formula is C33H36GeNO+. The predicted molar refractivity (Wildman–Crippen MR) is 157 cm³/mol. The molecule has 0 bridgehead atoms. The van der Waals surface area contributed by atoms with Gasteiger partial charge in [0.05, 0.1) is 0 Å². The van der Waals surface area contributed by atoms with Gasteiger partial charge in [0.1, 0.15) is 0 Å². The van der Waals surface area contributed by atoms with Crippen LogP contribution in [0.3, 0.4) is 0 Å². The third-order valence-electron chi connectivity index (χ3n) is 7.72. The third kappa shape index (κ3) is 3.48. The van der Waals surface area contributed by atoms with Crippen molar-refractivity contribution in [2.24, 2.45) is 12.5 Å². The maximum absolute atomic E-state index is 7.01. The van der Waals surface area contributed by atoms with Crippen LogP contribution in [0, 0.1) is 12.3 Å². The van der Waals surface area contributed by atoms with Gasteiger partial charge in [0.15, 0.2) is 0 Å². The van der Waals surface area contributed by atoms with E-state index < -0.39 is 13.3 Å². The molecule has 0 radical (unpaired) electrons. The summed E-state index contributed by atoms with van der Waals surface area (Å²) in [5.41, 5.74) is 5.29. The van der Waals surface area contributed by atoms with Crippen LogP contribution in [0.2, 0.25) is 17.3 Å². The maximum atomic E-state index is 7.01. The standard InChI is InChI=1S/C33H36GeNO/c1-20-22-13-9-10-14-23(22)25(19-33(2,3)4)32-28(20)31-30-24(16-17-35(31)8)29-21(18-27(30)36-32)12-11-15-26(29)34(5,6)7/h9-18H,19H2,1-8H3/q+1. The Morgan fingerprint density at radius 3 is 2.28 bits per heavy atom. The molecule has 4 aromatic carbocycles. The summed E-state index contributed by atoms with van der Waals surface area (Å²) in [5, 5.41) is 7.91. The van der Waals surface area contributed by atoms with Gasteiger partial charge in [-0.2, -0.15) is 0 Å². The number of hydrogen-bond acceptors (Lipinski definition) is 1. The molecule has 0 saturated heterocycles. The summed E-state index contributed by atoms with van der Waals surface area (Å²) < 4.78 is 10.9. The molecule has 1 aliphatic rings. The minimum absolute atomic E-state index is 0.140. The van der Waals surface area contributed by atoms with E-state index in [2.05, 4.69) is 117 Å². The van der Waals surface area contributed by atoms with Crippen molar-refractivity contribution in [1.29, 1.82) is 0 Å². The molecule has 0 aliphatic carbocycles. The van der Waals surface area contributed by atoms with Crippen LogP contribution in [-0.4, -0.2) is 13.3 Å². The Labute approximate surface area is 217 Å². The Morgan fingerprint density at radius 1 is 0.861 bits per heavy atom. The molecular weight excluding hydrogens is 499 g/mol. The summed E-state index contributed by atoms with van der Waals surface area (Å²) in [6, 6.07) is 20.3. The first-order valence-corrected chi connectivity index (χ1v) is 20.4. The molecule has 3 heteroatoms. The SMILES string of the molecule is Cc1c2c(c(CC(C)(C)C)c3ccccc13)Oc1cc3ccc[c]([Ge]([CH3])([CH3])[CH3])c3c3cc[n+](C)c-2c13. The molecule has 0 unspecified atom stereocenters. The van der Waals surface area contributed by atoms with E-state index in [1.807, 2.05) is 0 Å². The van der Waals surface area contributed by atoms with Gasteiger partial charge < -0.3 is 0 Å². The van der Waals surface area contributed by atoms with Crippen LogP contribution in [-0.2, 0) is 13.5 Å². The van der Waals surface area contributed by atoms with E-state index >= 15 is 0 Å². The number of benzene rings is 4. The Bertz CT molecular complexity index is 1720. The molecule has 0 N–H and O–H groups in total. The van der Waals surface area contributed by atoms with Crippen molar-refractivity contribution in [2.75, 3.05) is 0 Å². The number of pyridine rings is 1. The summed E-state index contributed by atoms with van der Waals surface area (Å²) in [7, 11) is 2.18. The molecule has 0 amide bonds. The molecule has 0 atom stereocenters. The van der Waals surface area contributed by atoms with Gasteiger partial charge in [-0.05, 0) is 0 Å². The molecule has 6 rings (SSSR count). The van der Waals surface area contributed by atoms with E-state index in [0.29, 0.717) is 0 Å². The van der Waals surface area contributed by atoms with Gasteiger partial charge in [-0.25, -0.2) is 0 Å². The Morgan fingerprint density at radius 2 is 1.58 bits per heavy atom. The zero-order chi connectivity index (χ0) is 25.6. The molecule has 1 aromatic heterocycles. The van der Waals surface area contributed by atoms with Gasteiger partial charge in [-0.15, -0.1) is 0 Å². The van der Waals surface area contributed by atoms with Crippen LogP contribution >= 0.6 is 0 Å².